The molecule has 0 aliphatic carbocycles. The Morgan fingerprint density at radius 1 is 1.20 bits per heavy atom. The van der Waals surface area contributed by atoms with Gasteiger partial charge in [-0.05, 0) is 18.2 Å². The second-order valence-electron chi connectivity index (χ2n) is 3.74. The highest BCUT2D eigenvalue weighted by Gasteiger charge is 2.57. The number of nitrogens with two attached hydrogens (primary N) is 1. The molecule has 3 N–H and O–H groups in total. The predicted octanol–water partition coefficient (Wildman–Crippen LogP) is 3.16. The van der Waals surface area contributed by atoms with Crippen LogP contribution in [0.1, 0.15) is 0 Å². The Morgan fingerprint density at radius 3 is 2.20 bits per heavy atom. The van der Waals surface area contributed by atoms with Crippen molar-refractivity contribution in [2.75, 3.05) is 5.73 Å². The van der Waals surface area contributed by atoms with E-state index in [1.54, 1.807) is 0 Å². The summed E-state index contributed by atoms with van der Waals surface area (Å²) in [5, 5.41) is 8.02. The summed E-state index contributed by atoms with van der Waals surface area (Å²) in [5.41, 5.74) is 5.35. The molecule has 2 unspecified atom stereocenters. The Bertz CT molecular complexity index is 481. The van der Waals surface area contributed by atoms with Gasteiger partial charge in [0.2, 0.25) is 6.17 Å². The number of benzene rings is 1. The summed E-state index contributed by atoms with van der Waals surface area (Å²) < 4.78 is 79.2. The minimum atomic E-state index is -5.56. The topological polar surface area (TPSA) is 55.5 Å². The van der Waals surface area contributed by atoms with Crippen molar-refractivity contribution in [3.8, 4) is 5.75 Å². The van der Waals surface area contributed by atoms with Crippen molar-refractivity contribution in [1.82, 2.24) is 0 Å². The van der Waals surface area contributed by atoms with E-state index in [1.165, 1.54) is 0 Å². The van der Waals surface area contributed by atoms with Crippen LogP contribution in [-0.4, -0.2) is 29.7 Å². The Balaban J connectivity index is 2.94. The number of hydrogen-bond acceptors (Lipinski definition) is 3. The molecular formula is C10H8ClF6NO2. The highest BCUT2D eigenvalue weighted by Crippen LogP contribution is 2.36. The third-order valence-electron chi connectivity index (χ3n) is 2.14. The van der Waals surface area contributed by atoms with Gasteiger partial charge < -0.3 is 15.6 Å². The van der Waals surface area contributed by atoms with Gasteiger partial charge in [0.15, 0.2) is 6.10 Å². The SMILES string of the molecule is Nc1ccc(OC(F)(F)C(F)C(O)C(F)(F)F)c(Cl)c1. The Hall–Kier alpha value is -1.35. The lowest BCUT2D eigenvalue weighted by molar-refractivity contribution is -0.291. The molecule has 0 aliphatic heterocycles. The number of nitrogen functional groups attached to an aromatic ring is 1. The first-order valence-electron chi connectivity index (χ1n) is 4.96. The molecule has 1 aromatic rings. The van der Waals surface area contributed by atoms with Crippen molar-refractivity contribution < 1.29 is 36.2 Å². The lowest BCUT2D eigenvalue weighted by atomic mass is 10.2. The maximum Gasteiger partial charge on any atom is 0.433 e. The van der Waals surface area contributed by atoms with E-state index in [0.717, 1.165) is 18.2 Å². The number of anilines is 1. The maximum absolute atomic E-state index is 13.2. The molecule has 0 spiro atoms. The number of rotatable bonds is 4. The summed E-state index contributed by atoms with van der Waals surface area (Å²) in [7, 11) is 0. The quantitative estimate of drug-likeness (QED) is 0.661. The summed E-state index contributed by atoms with van der Waals surface area (Å²) in [6, 6.07) is 2.89. The van der Waals surface area contributed by atoms with Crippen molar-refractivity contribution in [3.63, 3.8) is 0 Å². The van der Waals surface area contributed by atoms with Crippen LogP contribution in [0.2, 0.25) is 5.02 Å². The fourth-order valence-corrected chi connectivity index (χ4v) is 1.38. The molecule has 0 heterocycles. The summed E-state index contributed by atoms with van der Waals surface area (Å²) >= 11 is 5.46. The van der Waals surface area contributed by atoms with Crippen LogP contribution in [0.3, 0.4) is 0 Å². The molecule has 1 rings (SSSR count). The first-order valence-corrected chi connectivity index (χ1v) is 5.33. The van der Waals surface area contributed by atoms with Gasteiger partial charge in [-0.2, -0.15) is 22.0 Å². The average Bonchev–Trinajstić information content (AvgIpc) is 2.29. The lowest BCUT2D eigenvalue weighted by Crippen LogP contribution is -2.50. The van der Waals surface area contributed by atoms with Crippen LogP contribution < -0.4 is 10.5 Å². The van der Waals surface area contributed by atoms with Gasteiger partial charge in [-0.1, -0.05) is 11.6 Å². The number of alkyl halides is 6. The predicted molar refractivity (Wildman–Crippen MR) is 58.4 cm³/mol. The maximum atomic E-state index is 13.2. The van der Waals surface area contributed by atoms with E-state index in [9.17, 15) is 26.3 Å². The van der Waals surface area contributed by atoms with Crippen LogP contribution in [0.15, 0.2) is 18.2 Å². The molecule has 0 saturated heterocycles. The Kier molecular flexibility index (Phi) is 4.65. The number of halogens is 7. The van der Waals surface area contributed by atoms with Gasteiger partial charge >= 0.3 is 12.3 Å². The zero-order valence-electron chi connectivity index (χ0n) is 9.47. The summed E-state index contributed by atoms with van der Waals surface area (Å²) in [6.45, 7) is 0. The summed E-state index contributed by atoms with van der Waals surface area (Å²) in [6.07, 6.45) is -18.4. The van der Waals surface area contributed by atoms with Crippen molar-refractivity contribution in [2.24, 2.45) is 0 Å². The zero-order valence-corrected chi connectivity index (χ0v) is 10.2. The van der Waals surface area contributed by atoms with Gasteiger partial charge in [-0.15, -0.1) is 0 Å². The van der Waals surface area contributed by atoms with Crippen molar-refractivity contribution in [3.05, 3.63) is 23.2 Å². The number of ether oxygens (including phenoxy) is 1. The number of aliphatic hydroxyl groups excluding tert-OH is 1. The molecule has 0 radical (unpaired) electrons. The van der Waals surface area contributed by atoms with Crippen LogP contribution in [0.25, 0.3) is 0 Å². The van der Waals surface area contributed by atoms with Crippen molar-refractivity contribution in [1.29, 1.82) is 0 Å². The van der Waals surface area contributed by atoms with Crippen LogP contribution in [0.5, 0.6) is 5.75 Å². The minimum absolute atomic E-state index is 0.0813. The largest absolute Gasteiger partial charge is 0.433 e. The van der Waals surface area contributed by atoms with Gasteiger partial charge in [0.1, 0.15) is 5.75 Å². The van der Waals surface area contributed by atoms with Gasteiger partial charge in [0.05, 0.1) is 5.02 Å². The molecular weight excluding hydrogens is 316 g/mol. The fourth-order valence-electron chi connectivity index (χ4n) is 1.15. The Morgan fingerprint density at radius 2 is 1.75 bits per heavy atom. The van der Waals surface area contributed by atoms with E-state index in [2.05, 4.69) is 4.74 Å². The van der Waals surface area contributed by atoms with Crippen molar-refractivity contribution in [2.45, 2.75) is 24.6 Å². The van der Waals surface area contributed by atoms with Crippen LogP contribution in [0, 0.1) is 0 Å². The van der Waals surface area contributed by atoms with Crippen LogP contribution >= 0.6 is 11.6 Å². The van der Waals surface area contributed by atoms with Gasteiger partial charge in [-0.25, -0.2) is 4.39 Å². The monoisotopic (exact) mass is 323 g/mol. The van der Waals surface area contributed by atoms with E-state index in [-0.39, 0.29) is 5.69 Å². The van der Waals surface area contributed by atoms with E-state index in [0.29, 0.717) is 0 Å². The molecule has 114 valence electrons. The molecule has 0 aromatic heterocycles. The van der Waals surface area contributed by atoms with E-state index in [1.807, 2.05) is 0 Å². The lowest BCUT2D eigenvalue weighted by Gasteiger charge is -2.26. The highest BCUT2D eigenvalue weighted by atomic mass is 35.5. The molecule has 0 bridgehead atoms. The first kappa shape index (κ1) is 16.7. The van der Waals surface area contributed by atoms with Gasteiger partial charge in [-0.3, -0.25) is 0 Å². The second kappa shape index (κ2) is 5.57. The van der Waals surface area contributed by atoms with Gasteiger partial charge in [0.25, 0.3) is 0 Å². The van der Waals surface area contributed by atoms with Crippen molar-refractivity contribution >= 4 is 17.3 Å². The minimum Gasteiger partial charge on any atom is -0.429 e. The molecule has 20 heavy (non-hydrogen) atoms. The molecule has 0 amide bonds. The molecule has 0 fully saturated rings. The van der Waals surface area contributed by atoms with E-state index < -0.39 is 35.3 Å². The highest BCUT2D eigenvalue weighted by molar-refractivity contribution is 6.32. The van der Waals surface area contributed by atoms with Gasteiger partial charge in [0, 0.05) is 5.69 Å². The third-order valence-corrected chi connectivity index (χ3v) is 2.43. The molecule has 3 nitrogen and oxygen atoms in total. The smallest absolute Gasteiger partial charge is 0.429 e. The number of aliphatic hydroxyl groups is 1. The zero-order chi connectivity index (χ0) is 15.7. The standard InChI is InChI=1S/C10H8ClF6NO2/c11-5-3-4(18)1-2-6(5)20-10(16,17)7(12)8(19)9(13,14)15/h1-3,7-8,19H,18H2. The Labute approximate surface area is 113 Å². The molecule has 1 aromatic carbocycles. The summed E-state index contributed by atoms with van der Waals surface area (Å²) in [5.74, 6) is -0.775. The van der Waals surface area contributed by atoms with E-state index in [4.69, 9.17) is 22.4 Å². The fraction of sp³-hybridized carbons (Fsp3) is 0.400. The average molecular weight is 324 g/mol. The van der Waals surface area contributed by atoms with Crippen LogP contribution in [-0.2, 0) is 0 Å². The van der Waals surface area contributed by atoms with E-state index >= 15 is 0 Å². The molecule has 0 aliphatic rings. The molecule has 10 heteroatoms. The normalized spacial score (nSPS) is 15.8. The molecule has 2 atom stereocenters. The van der Waals surface area contributed by atoms with Crippen LogP contribution in [0.4, 0.5) is 32.0 Å². The third kappa shape index (κ3) is 3.83. The number of hydrogen-bond donors (Lipinski definition) is 2. The second-order valence-corrected chi connectivity index (χ2v) is 4.15. The molecule has 0 saturated carbocycles. The first-order chi connectivity index (χ1) is 8.95. The summed E-state index contributed by atoms with van der Waals surface area (Å²) in [4.78, 5) is 0.